The molecule has 4 rings (SSSR count). The number of fused-ring (bicyclic) bond motifs is 1. The summed E-state index contributed by atoms with van der Waals surface area (Å²) >= 11 is 0. The van der Waals surface area contributed by atoms with Gasteiger partial charge < -0.3 is 10.1 Å². The Morgan fingerprint density at radius 2 is 2.04 bits per heavy atom. The lowest BCUT2D eigenvalue weighted by Crippen LogP contribution is -2.33. The topological polar surface area (TPSA) is 51.2 Å². The molecule has 2 heterocycles. The lowest BCUT2D eigenvalue weighted by Gasteiger charge is -2.22. The van der Waals surface area contributed by atoms with Gasteiger partial charge >= 0.3 is 0 Å². The predicted molar refractivity (Wildman–Crippen MR) is 103 cm³/mol. The van der Waals surface area contributed by atoms with Crippen molar-refractivity contribution in [3.05, 3.63) is 66.4 Å². The second kappa shape index (κ2) is 7.67. The smallest absolute Gasteiger partial charge is 0.251 e. The molecule has 1 aromatic heterocycles. The van der Waals surface area contributed by atoms with E-state index in [0.717, 1.165) is 48.1 Å². The Morgan fingerprint density at radius 1 is 1.12 bits per heavy atom. The molecule has 0 aliphatic carbocycles. The molecule has 4 nitrogen and oxygen atoms in total. The highest BCUT2D eigenvalue weighted by molar-refractivity contribution is 5.95. The molecule has 0 spiro atoms. The molecule has 1 N–H and O–H groups in total. The molecule has 132 valence electrons. The van der Waals surface area contributed by atoms with Crippen molar-refractivity contribution in [1.29, 1.82) is 0 Å². The molecule has 3 aromatic rings. The predicted octanol–water partition coefficient (Wildman–Crippen LogP) is 4.06. The normalized spacial score (nSPS) is 17.2. The van der Waals surface area contributed by atoms with Crippen LogP contribution in [-0.4, -0.2) is 30.6 Å². The number of hydrogen-bond donors (Lipinski definition) is 1. The minimum absolute atomic E-state index is 0.0279. The molecule has 1 aliphatic heterocycles. The zero-order valence-corrected chi connectivity index (χ0v) is 14.7. The van der Waals surface area contributed by atoms with E-state index in [1.54, 1.807) is 6.20 Å². The molecule has 0 saturated carbocycles. The van der Waals surface area contributed by atoms with E-state index in [9.17, 15) is 4.79 Å². The highest BCUT2D eigenvalue weighted by Crippen LogP contribution is 2.24. The minimum atomic E-state index is -0.0279. The Labute approximate surface area is 153 Å². The van der Waals surface area contributed by atoms with Crippen LogP contribution in [0.2, 0.25) is 0 Å². The Kier molecular flexibility index (Phi) is 4.93. The van der Waals surface area contributed by atoms with Gasteiger partial charge in [0.05, 0.1) is 12.1 Å². The highest BCUT2D eigenvalue weighted by atomic mass is 16.5. The number of hydrogen-bond acceptors (Lipinski definition) is 3. The first-order valence-corrected chi connectivity index (χ1v) is 9.11. The maximum Gasteiger partial charge on any atom is 0.251 e. The van der Waals surface area contributed by atoms with Gasteiger partial charge in [0.15, 0.2) is 0 Å². The van der Waals surface area contributed by atoms with Gasteiger partial charge in [-0.05, 0) is 60.2 Å². The number of nitrogens with zero attached hydrogens (tertiary/aromatic N) is 1. The van der Waals surface area contributed by atoms with E-state index in [4.69, 9.17) is 4.74 Å². The molecule has 0 bridgehead atoms. The van der Waals surface area contributed by atoms with Crippen LogP contribution in [0.1, 0.15) is 23.2 Å². The first kappa shape index (κ1) is 16.7. The van der Waals surface area contributed by atoms with Crippen LogP contribution in [0.25, 0.3) is 22.0 Å². The van der Waals surface area contributed by atoms with Crippen molar-refractivity contribution < 1.29 is 9.53 Å². The quantitative estimate of drug-likeness (QED) is 0.775. The minimum Gasteiger partial charge on any atom is -0.381 e. The van der Waals surface area contributed by atoms with Crippen LogP contribution in [0.15, 0.2) is 60.8 Å². The molecule has 1 fully saturated rings. The van der Waals surface area contributed by atoms with Crippen molar-refractivity contribution in [3.63, 3.8) is 0 Å². The highest BCUT2D eigenvalue weighted by Gasteiger charge is 2.15. The Morgan fingerprint density at radius 3 is 2.92 bits per heavy atom. The summed E-state index contributed by atoms with van der Waals surface area (Å²) in [5, 5.41) is 4.14. The molecule has 2 aromatic carbocycles. The summed E-state index contributed by atoms with van der Waals surface area (Å²) in [7, 11) is 0. The van der Waals surface area contributed by atoms with Gasteiger partial charge in [0.25, 0.3) is 5.91 Å². The van der Waals surface area contributed by atoms with Gasteiger partial charge in [0, 0.05) is 30.3 Å². The second-order valence-electron chi connectivity index (χ2n) is 6.78. The van der Waals surface area contributed by atoms with Gasteiger partial charge in [-0.3, -0.25) is 9.78 Å². The largest absolute Gasteiger partial charge is 0.381 e. The van der Waals surface area contributed by atoms with E-state index in [1.807, 2.05) is 42.5 Å². The molecule has 1 atom stereocenters. The zero-order valence-electron chi connectivity index (χ0n) is 14.7. The van der Waals surface area contributed by atoms with E-state index in [-0.39, 0.29) is 5.91 Å². The Bertz CT molecular complexity index is 917. The lowest BCUT2D eigenvalue weighted by atomic mass is 10.0. The number of nitrogens with one attached hydrogen (secondary N) is 1. The standard InChI is InChI=1S/C22H22N2O2/c25-22(24-14-16-4-3-11-26-15-16)20-6-1-5-17(13-20)18-8-9-21-19(12-18)7-2-10-23-21/h1-2,5-10,12-13,16H,3-4,11,14-15H2,(H,24,25)/t16-/m0/s1. The lowest BCUT2D eigenvalue weighted by molar-refractivity contribution is 0.0536. The second-order valence-corrected chi connectivity index (χ2v) is 6.78. The van der Waals surface area contributed by atoms with Crippen molar-refractivity contribution >= 4 is 16.8 Å². The van der Waals surface area contributed by atoms with Crippen molar-refractivity contribution in [2.24, 2.45) is 5.92 Å². The third-order valence-corrected chi connectivity index (χ3v) is 4.87. The average Bonchev–Trinajstić information content (AvgIpc) is 2.72. The van der Waals surface area contributed by atoms with E-state index in [0.29, 0.717) is 18.0 Å². The SMILES string of the molecule is O=C(NC[C@@H]1CCCOC1)c1cccc(-c2ccc3ncccc3c2)c1. The van der Waals surface area contributed by atoms with Gasteiger partial charge in [-0.2, -0.15) is 0 Å². The van der Waals surface area contributed by atoms with E-state index >= 15 is 0 Å². The molecular weight excluding hydrogens is 324 g/mol. The van der Waals surface area contributed by atoms with Gasteiger partial charge in [0.1, 0.15) is 0 Å². The first-order valence-electron chi connectivity index (χ1n) is 9.11. The number of aromatic nitrogens is 1. The van der Waals surface area contributed by atoms with Crippen LogP contribution in [0, 0.1) is 5.92 Å². The van der Waals surface area contributed by atoms with Crippen LogP contribution >= 0.6 is 0 Å². The first-order chi connectivity index (χ1) is 12.8. The van der Waals surface area contributed by atoms with Crippen molar-refractivity contribution in [1.82, 2.24) is 10.3 Å². The Balaban J connectivity index is 1.50. The number of benzene rings is 2. The molecule has 4 heteroatoms. The van der Waals surface area contributed by atoms with E-state index in [1.165, 1.54) is 0 Å². The molecule has 26 heavy (non-hydrogen) atoms. The fourth-order valence-electron chi connectivity index (χ4n) is 3.40. The molecule has 0 unspecified atom stereocenters. The van der Waals surface area contributed by atoms with Crippen LogP contribution < -0.4 is 5.32 Å². The third kappa shape index (κ3) is 3.75. The van der Waals surface area contributed by atoms with Gasteiger partial charge in [-0.25, -0.2) is 0 Å². The van der Waals surface area contributed by atoms with E-state index in [2.05, 4.69) is 22.4 Å². The monoisotopic (exact) mass is 346 g/mol. The van der Waals surface area contributed by atoms with E-state index < -0.39 is 0 Å². The summed E-state index contributed by atoms with van der Waals surface area (Å²) in [5.41, 5.74) is 3.77. The Hall–Kier alpha value is -2.72. The summed E-state index contributed by atoms with van der Waals surface area (Å²) in [5.74, 6) is 0.392. The number of carbonyl (C=O) groups excluding carboxylic acids is 1. The van der Waals surface area contributed by atoms with Gasteiger partial charge in [0.2, 0.25) is 0 Å². The van der Waals surface area contributed by atoms with Gasteiger partial charge in [-0.1, -0.05) is 24.3 Å². The number of rotatable bonds is 4. The maximum absolute atomic E-state index is 12.5. The number of ether oxygens (including phenoxy) is 1. The third-order valence-electron chi connectivity index (χ3n) is 4.87. The van der Waals surface area contributed by atoms with Crippen LogP contribution in [-0.2, 0) is 4.74 Å². The summed E-state index contributed by atoms with van der Waals surface area (Å²) in [4.78, 5) is 16.9. The van der Waals surface area contributed by atoms with Crippen LogP contribution in [0.5, 0.6) is 0 Å². The van der Waals surface area contributed by atoms with Crippen LogP contribution in [0.3, 0.4) is 0 Å². The zero-order chi connectivity index (χ0) is 17.8. The number of pyridine rings is 1. The summed E-state index contributed by atoms with van der Waals surface area (Å²) < 4.78 is 5.48. The molecule has 1 saturated heterocycles. The fourth-order valence-corrected chi connectivity index (χ4v) is 3.40. The summed E-state index contributed by atoms with van der Waals surface area (Å²) in [6, 6.07) is 17.9. The van der Waals surface area contributed by atoms with Crippen molar-refractivity contribution in [2.45, 2.75) is 12.8 Å². The molecular formula is C22H22N2O2. The number of amides is 1. The van der Waals surface area contributed by atoms with Crippen LogP contribution in [0.4, 0.5) is 0 Å². The molecule has 1 aliphatic rings. The fraction of sp³-hybridized carbons (Fsp3) is 0.273. The summed E-state index contributed by atoms with van der Waals surface area (Å²) in [6.07, 6.45) is 3.99. The molecule has 1 amide bonds. The summed E-state index contributed by atoms with van der Waals surface area (Å²) in [6.45, 7) is 2.25. The average molecular weight is 346 g/mol. The molecule has 0 radical (unpaired) electrons. The van der Waals surface area contributed by atoms with Crippen molar-refractivity contribution in [3.8, 4) is 11.1 Å². The van der Waals surface area contributed by atoms with Gasteiger partial charge in [-0.15, -0.1) is 0 Å². The maximum atomic E-state index is 12.5. The van der Waals surface area contributed by atoms with Crippen molar-refractivity contribution in [2.75, 3.05) is 19.8 Å². The number of carbonyl (C=O) groups is 1.